The van der Waals surface area contributed by atoms with Crippen molar-refractivity contribution in [1.29, 1.82) is 0 Å². The number of pyridine rings is 1. The summed E-state index contributed by atoms with van der Waals surface area (Å²) in [5.41, 5.74) is -5.20. The Balaban J connectivity index is 1.55. The predicted octanol–water partition coefficient (Wildman–Crippen LogP) is 1.54. The van der Waals surface area contributed by atoms with Gasteiger partial charge in [0.1, 0.15) is 5.60 Å². The van der Waals surface area contributed by atoms with E-state index in [2.05, 4.69) is 4.98 Å². The minimum Gasteiger partial charge on any atom is -0.376 e. The molecule has 0 aromatic carbocycles. The van der Waals surface area contributed by atoms with Crippen molar-refractivity contribution in [3.63, 3.8) is 0 Å². The minimum absolute atomic E-state index is 0.126. The van der Waals surface area contributed by atoms with Gasteiger partial charge in [0.25, 0.3) is 0 Å². The molecule has 3 rings (SSSR count). The largest absolute Gasteiger partial charge is 0.511 e. The molecule has 0 aliphatic carbocycles. The van der Waals surface area contributed by atoms with E-state index < -0.39 is 21.1 Å². The molecule has 1 spiro atoms. The summed E-state index contributed by atoms with van der Waals surface area (Å²) < 4.78 is 72.1. The Bertz CT molecular complexity index is 675. The summed E-state index contributed by atoms with van der Waals surface area (Å²) in [6, 6.07) is 3.61. The van der Waals surface area contributed by atoms with E-state index in [9.17, 15) is 21.6 Å². The fourth-order valence-corrected chi connectivity index (χ4v) is 4.10. The van der Waals surface area contributed by atoms with Gasteiger partial charge in [0, 0.05) is 38.0 Å². The van der Waals surface area contributed by atoms with Crippen LogP contribution in [0.15, 0.2) is 24.5 Å². The van der Waals surface area contributed by atoms with Gasteiger partial charge in [-0.3, -0.25) is 4.98 Å². The van der Waals surface area contributed by atoms with E-state index in [4.69, 9.17) is 9.47 Å². The smallest absolute Gasteiger partial charge is 0.376 e. The third-order valence-electron chi connectivity index (χ3n) is 4.46. The highest BCUT2D eigenvalue weighted by Gasteiger charge is 2.62. The van der Waals surface area contributed by atoms with Gasteiger partial charge in [-0.2, -0.15) is 17.5 Å². The maximum atomic E-state index is 12.6. The second-order valence-corrected chi connectivity index (χ2v) is 7.92. The number of hydrogen-bond donors (Lipinski definition) is 0. The molecule has 6 nitrogen and oxygen atoms in total. The predicted molar refractivity (Wildman–Crippen MR) is 77.2 cm³/mol. The Hall–Kier alpha value is -1.23. The second kappa shape index (κ2) is 6.25. The van der Waals surface area contributed by atoms with Crippen molar-refractivity contribution in [1.82, 2.24) is 9.29 Å². The van der Waals surface area contributed by atoms with Crippen molar-refractivity contribution in [3.05, 3.63) is 30.1 Å². The van der Waals surface area contributed by atoms with Gasteiger partial charge in [0.15, 0.2) is 0 Å². The number of hydrogen-bond acceptors (Lipinski definition) is 5. The first kappa shape index (κ1) is 17.6. The van der Waals surface area contributed by atoms with Crippen LogP contribution < -0.4 is 0 Å². The summed E-state index contributed by atoms with van der Waals surface area (Å²) in [4.78, 5) is 3.90. The number of halogens is 3. The van der Waals surface area contributed by atoms with Crippen LogP contribution in [0.3, 0.4) is 0 Å². The van der Waals surface area contributed by atoms with Gasteiger partial charge in [-0.1, -0.05) is 0 Å². The number of sulfonamides is 1. The van der Waals surface area contributed by atoms with Crippen LogP contribution in [0.2, 0.25) is 0 Å². The van der Waals surface area contributed by atoms with Crippen molar-refractivity contribution in [2.24, 2.45) is 5.92 Å². The number of nitrogens with zero attached hydrogens (tertiary/aromatic N) is 2. The van der Waals surface area contributed by atoms with Crippen LogP contribution in [0.1, 0.15) is 12.0 Å². The summed E-state index contributed by atoms with van der Waals surface area (Å²) in [5.74, 6) is -0.126. The Kier molecular flexibility index (Phi) is 4.58. The highest BCUT2D eigenvalue weighted by atomic mass is 32.2. The molecule has 0 radical (unpaired) electrons. The standard InChI is InChI=1S/C14H17F3N2O4S/c15-14(16,17)24(20,21)19-9-13(10-19)12(3-6-23-13)8-22-7-11-1-4-18-5-2-11/h1-2,4-5,12H,3,6-10H2/t12-/m0/s1. The van der Waals surface area contributed by atoms with Gasteiger partial charge < -0.3 is 9.47 Å². The molecule has 0 unspecified atom stereocenters. The topological polar surface area (TPSA) is 68.7 Å². The molecule has 0 amide bonds. The van der Waals surface area contributed by atoms with Gasteiger partial charge in [0.05, 0.1) is 13.2 Å². The molecule has 134 valence electrons. The summed E-state index contributed by atoms with van der Waals surface area (Å²) in [6.45, 7) is 0.501. The van der Waals surface area contributed by atoms with Crippen LogP contribution in [0, 0.1) is 5.92 Å². The molecule has 0 bridgehead atoms. The molecule has 1 atom stereocenters. The highest BCUT2D eigenvalue weighted by Crippen LogP contribution is 2.43. The fraction of sp³-hybridized carbons (Fsp3) is 0.643. The molecular formula is C14H17F3N2O4S. The number of ether oxygens (including phenoxy) is 2. The molecule has 2 fully saturated rings. The zero-order valence-corrected chi connectivity index (χ0v) is 13.5. The first-order valence-corrected chi connectivity index (χ1v) is 8.86. The van der Waals surface area contributed by atoms with Gasteiger partial charge in [-0.25, -0.2) is 8.42 Å². The molecule has 2 aliphatic rings. The molecule has 24 heavy (non-hydrogen) atoms. The van der Waals surface area contributed by atoms with E-state index in [0.29, 0.717) is 30.5 Å². The Labute approximate surface area is 137 Å². The molecule has 3 heterocycles. The summed E-state index contributed by atoms with van der Waals surface area (Å²) >= 11 is 0. The van der Waals surface area contributed by atoms with Gasteiger partial charge in [-0.05, 0) is 24.1 Å². The quantitative estimate of drug-likeness (QED) is 0.791. The first-order valence-electron chi connectivity index (χ1n) is 7.42. The summed E-state index contributed by atoms with van der Waals surface area (Å²) in [6.07, 6.45) is 3.92. The monoisotopic (exact) mass is 366 g/mol. The van der Waals surface area contributed by atoms with Crippen molar-refractivity contribution < 1.29 is 31.1 Å². The van der Waals surface area contributed by atoms with E-state index in [1.807, 2.05) is 12.1 Å². The zero-order chi connectivity index (χ0) is 17.4. The lowest BCUT2D eigenvalue weighted by molar-refractivity contribution is -0.123. The SMILES string of the molecule is O=S(=O)(N1CC2(C1)OCC[C@H]2COCc1ccncc1)C(F)(F)F. The Morgan fingerprint density at radius 1 is 1.33 bits per heavy atom. The number of rotatable bonds is 5. The molecule has 0 saturated carbocycles. The Morgan fingerprint density at radius 3 is 2.62 bits per heavy atom. The lowest BCUT2D eigenvalue weighted by Crippen LogP contribution is -2.68. The van der Waals surface area contributed by atoms with Crippen molar-refractivity contribution in [3.8, 4) is 0 Å². The highest BCUT2D eigenvalue weighted by molar-refractivity contribution is 7.90. The maximum Gasteiger partial charge on any atom is 0.511 e. The molecular weight excluding hydrogens is 349 g/mol. The molecule has 1 aromatic heterocycles. The van der Waals surface area contributed by atoms with Crippen LogP contribution in [0.5, 0.6) is 0 Å². The van der Waals surface area contributed by atoms with Crippen molar-refractivity contribution in [2.75, 3.05) is 26.3 Å². The third kappa shape index (κ3) is 3.15. The van der Waals surface area contributed by atoms with E-state index in [1.54, 1.807) is 12.4 Å². The van der Waals surface area contributed by atoms with Crippen LogP contribution in [-0.2, 0) is 26.1 Å². The molecule has 2 aliphatic heterocycles. The molecule has 10 heteroatoms. The van der Waals surface area contributed by atoms with E-state index in [1.165, 1.54) is 0 Å². The van der Waals surface area contributed by atoms with Crippen LogP contribution in [0.25, 0.3) is 0 Å². The molecule has 1 aromatic rings. The van der Waals surface area contributed by atoms with Gasteiger partial charge >= 0.3 is 15.5 Å². The molecule has 2 saturated heterocycles. The minimum atomic E-state index is -5.28. The fourth-order valence-electron chi connectivity index (χ4n) is 3.04. The van der Waals surface area contributed by atoms with Crippen molar-refractivity contribution in [2.45, 2.75) is 24.1 Å². The number of alkyl halides is 3. The maximum absolute atomic E-state index is 12.6. The normalized spacial score (nSPS) is 24.2. The second-order valence-electron chi connectivity index (χ2n) is 5.99. The average Bonchev–Trinajstić information content (AvgIpc) is 2.89. The number of aromatic nitrogens is 1. The van der Waals surface area contributed by atoms with Gasteiger partial charge in [0.2, 0.25) is 0 Å². The molecule has 0 N–H and O–H groups in total. The summed E-state index contributed by atoms with van der Waals surface area (Å²) in [7, 11) is -5.28. The Morgan fingerprint density at radius 2 is 2.00 bits per heavy atom. The lowest BCUT2D eigenvalue weighted by atomic mass is 9.83. The lowest BCUT2D eigenvalue weighted by Gasteiger charge is -2.49. The zero-order valence-electron chi connectivity index (χ0n) is 12.7. The first-order chi connectivity index (χ1) is 11.2. The van der Waals surface area contributed by atoms with Gasteiger partial charge in [-0.15, -0.1) is 0 Å². The van der Waals surface area contributed by atoms with E-state index >= 15 is 0 Å². The third-order valence-corrected chi connectivity index (χ3v) is 5.98. The average molecular weight is 366 g/mol. The van der Waals surface area contributed by atoms with E-state index in [-0.39, 0.29) is 19.0 Å². The van der Waals surface area contributed by atoms with Crippen molar-refractivity contribution >= 4 is 10.0 Å². The van der Waals surface area contributed by atoms with E-state index in [0.717, 1.165) is 5.56 Å². The van der Waals surface area contributed by atoms with Crippen LogP contribution >= 0.6 is 0 Å². The summed E-state index contributed by atoms with van der Waals surface area (Å²) in [5, 5.41) is 0. The van der Waals surface area contributed by atoms with Crippen LogP contribution in [-0.4, -0.2) is 55.1 Å². The van der Waals surface area contributed by atoms with Crippen LogP contribution in [0.4, 0.5) is 13.2 Å².